The van der Waals surface area contributed by atoms with Gasteiger partial charge < -0.3 is 15.4 Å². The SMILES string of the molecule is NCCCOC1CCN(C(=O)C2CC2c2ccc3ccccc3c2)CC1. The van der Waals surface area contributed by atoms with Gasteiger partial charge in [-0.1, -0.05) is 42.5 Å². The molecule has 0 bridgehead atoms. The molecule has 1 saturated heterocycles. The fraction of sp³-hybridized carbons (Fsp3) is 0.500. The first-order valence-corrected chi connectivity index (χ1v) is 9.85. The van der Waals surface area contributed by atoms with Gasteiger partial charge >= 0.3 is 0 Å². The number of nitrogens with two attached hydrogens (primary N) is 1. The minimum Gasteiger partial charge on any atom is -0.378 e. The average Bonchev–Trinajstić information content (AvgIpc) is 3.49. The number of carbonyl (C=O) groups is 1. The van der Waals surface area contributed by atoms with Crippen LogP contribution in [0, 0.1) is 5.92 Å². The van der Waals surface area contributed by atoms with E-state index in [1.807, 2.05) is 0 Å². The maximum atomic E-state index is 12.8. The molecule has 26 heavy (non-hydrogen) atoms. The maximum Gasteiger partial charge on any atom is 0.226 e. The Balaban J connectivity index is 1.31. The predicted molar refractivity (Wildman–Crippen MR) is 104 cm³/mol. The topological polar surface area (TPSA) is 55.6 Å². The molecule has 1 aliphatic heterocycles. The number of fused-ring (bicyclic) bond motifs is 1. The second kappa shape index (κ2) is 7.77. The highest BCUT2D eigenvalue weighted by molar-refractivity contribution is 5.86. The molecular formula is C22H28N2O2. The van der Waals surface area contributed by atoms with E-state index >= 15 is 0 Å². The van der Waals surface area contributed by atoms with Crippen LogP contribution in [0.2, 0.25) is 0 Å². The van der Waals surface area contributed by atoms with Crippen molar-refractivity contribution in [3.8, 4) is 0 Å². The lowest BCUT2D eigenvalue weighted by Crippen LogP contribution is -2.42. The Morgan fingerprint density at radius 1 is 1.12 bits per heavy atom. The van der Waals surface area contributed by atoms with E-state index < -0.39 is 0 Å². The summed E-state index contributed by atoms with van der Waals surface area (Å²) in [6.45, 7) is 3.07. The van der Waals surface area contributed by atoms with Crippen LogP contribution in [0.25, 0.3) is 10.8 Å². The minimum atomic E-state index is 0.172. The van der Waals surface area contributed by atoms with Gasteiger partial charge in [-0.25, -0.2) is 0 Å². The number of benzene rings is 2. The van der Waals surface area contributed by atoms with Gasteiger partial charge in [-0.05, 0) is 54.5 Å². The molecule has 0 spiro atoms. The molecule has 1 saturated carbocycles. The number of carbonyl (C=O) groups excluding carboxylic acids is 1. The first-order chi connectivity index (χ1) is 12.8. The molecule has 2 aliphatic rings. The van der Waals surface area contributed by atoms with Crippen LogP contribution in [0.15, 0.2) is 42.5 Å². The average molecular weight is 352 g/mol. The zero-order valence-electron chi connectivity index (χ0n) is 15.3. The van der Waals surface area contributed by atoms with E-state index in [0.717, 1.165) is 45.4 Å². The highest BCUT2D eigenvalue weighted by Gasteiger charge is 2.46. The first-order valence-electron chi connectivity index (χ1n) is 9.85. The summed E-state index contributed by atoms with van der Waals surface area (Å²) in [5, 5.41) is 2.52. The van der Waals surface area contributed by atoms with E-state index in [1.54, 1.807) is 0 Å². The molecule has 2 fully saturated rings. The van der Waals surface area contributed by atoms with Crippen molar-refractivity contribution in [1.82, 2.24) is 4.90 Å². The third-order valence-electron chi connectivity index (χ3n) is 5.76. The van der Waals surface area contributed by atoms with Crippen LogP contribution < -0.4 is 5.73 Å². The molecule has 1 aliphatic carbocycles. The molecule has 2 unspecified atom stereocenters. The third-order valence-corrected chi connectivity index (χ3v) is 5.76. The van der Waals surface area contributed by atoms with Crippen LogP contribution in [0.3, 0.4) is 0 Å². The zero-order valence-corrected chi connectivity index (χ0v) is 15.3. The van der Waals surface area contributed by atoms with Crippen molar-refractivity contribution in [2.75, 3.05) is 26.2 Å². The van der Waals surface area contributed by atoms with Crippen LogP contribution in [0.4, 0.5) is 0 Å². The van der Waals surface area contributed by atoms with Gasteiger partial charge in [0.15, 0.2) is 0 Å². The Morgan fingerprint density at radius 2 is 1.88 bits per heavy atom. The number of rotatable bonds is 6. The molecule has 0 aromatic heterocycles. The van der Waals surface area contributed by atoms with E-state index in [-0.39, 0.29) is 5.92 Å². The number of piperidine rings is 1. The lowest BCUT2D eigenvalue weighted by Gasteiger charge is -2.32. The second-order valence-electron chi connectivity index (χ2n) is 7.59. The molecule has 4 nitrogen and oxygen atoms in total. The monoisotopic (exact) mass is 352 g/mol. The maximum absolute atomic E-state index is 12.8. The van der Waals surface area contributed by atoms with E-state index in [9.17, 15) is 4.79 Å². The van der Waals surface area contributed by atoms with Crippen molar-refractivity contribution < 1.29 is 9.53 Å². The minimum absolute atomic E-state index is 0.172. The molecule has 4 heteroatoms. The van der Waals surface area contributed by atoms with Gasteiger partial charge in [0.1, 0.15) is 0 Å². The molecule has 2 atom stereocenters. The van der Waals surface area contributed by atoms with Gasteiger partial charge in [0, 0.05) is 25.6 Å². The highest BCUT2D eigenvalue weighted by atomic mass is 16.5. The van der Waals surface area contributed by atoms with E-state index in [2.05, 4.69) is 47.4 Å². The number of hydrogen-bond donors (Lipinski definition) is 1. The predicted octanol–water partition coefficient (Wildman–Crippen LogP) is 3.30. The quantitative estimate of drug-likeness (QED) is 0.812. The second-order valence-corrected chi connectivity index (χ2v) is 7.59. The van der Waals surface area contributed by atoms with Crippen molar-refractivity contribution >= 4 is 16.7 Å². The standard InChI is InChI=1S/C22H28N2O2/c23-10-3-13-26-19-8-11-24(12-9-19)22(25)21-15-20(21)18-7-6-16-4-1-2-5-17(16)14-18/h1-2,4-7,14,19-21H,3,8-13,15,23H2. The smallest absolute Gasteiger partial charge is 0.226 e. The van der Waals surface area contributed by atoms with E-state index in [4.69, 9.17) is 10.5 Å². The Bertz CT molecular complexity index is 768. The lowest BCUT2D eigenvalue weighted by molar-refractivity contribution is -0.135. The number of likely N-dealkylation sites (tertiary alicyclic amines) is 1. The third kappa shape index (κ3) is 3.76. The Labute approximate surface area is 155 Å². The zero-order chi connectivity index (χ0) is 17.9. The Morgan fingerprint density at radius 3 is 2.65 bits per heavy atom. The fourth-order valence-corrected chi connectivity index (χ4v) is 4.09. The molecule has 2 aromatic rings. The number of nitrogens with zero attached hydrogens (tertiary/aromatic N) is 1. The summed E-state index contributed by atoms with van der Waals surface area (Å²) in [5.74, 6) is 0.903. The largest absolute Gasteiger partial charge is 0.378 e. The number of hydrogen-bond acceptors (Lipinski definition) is 3. The molecule has 138 valence electrons. The summed E-state index contributed by atoms with van der Waals surface area (Å²) in [5.41, 5.74) is 6.81. The van der Waals surface area contributed by atoms with E-state index in [1.165, 1.54) is 16.3 Å². The van der Waals surface area contributed by atoms with Crippen molar-refractivity contribution in [1.29, 1.82) is 0 Å². The molecule has 1 heterocycles. The van der Waals surface area contributed by atoms with Gasteiger partial charge in [0.05, 0.1) is 6.10 Å². The van der Waals surface area contributed by atoms with Crippen molar-refractivity contribution in [2.24, 2.45) is 11.7 Å². The summed E-state index contributed by atoms with van der Waals surface area (Å²) >= 11 is 0. The van der Waals surface area contributed by atoms with Gasteiger partial charge in [0.2, 0.25) is 5.91 Å². The summed E-state index contributed by atoms with van der Waals surface area (Å²) in [4.78, 5) is 14.9. The Hall–Kier alpha value is -1.91. The molecule has 2 N–H and O–H groups in total. The van der Waals surface area contributed by atoms with Crippen molar-refractivity contribution in [3.63, 3.8) is 0 Å². The van der Waals surface area contributed by atoms with E-state index in [0.29, 0.717) is 24.5 Å². The molecular weight excluding hydrogens is 324 g/mol. The summed E-state index contributed by atoms with van der Waals surface area (Å²) < 4.78 is 5.84. The van der Waals surface area contributed by atoms with Crippen molar-refractivity contribution in [2.45, 2.75) is 37.7 Å². The van der Waals surface area contributed by atoms with Gasteiger partial charge in [0.25, 0.3) is 0 Å². The highest BCUT2D eigenvalue weighted by Crippen LogP contribution is 2.49. The Kier molecular flexibility index (Phi) is 5.23. The molecule has 2 aromatic carbocycles. The van der Waals surface area contributed by atoms with Gasteiger partial charge in [-0.2, -0.15) is 0 Å². The van der Waals surface area contributed by atoms with Crippen LogP contribution in [-0.2, 0) is 9.53 Å². The summed E-state index contributed by atoms with van der Waals surface area (Å²) in [6.07, 6.45) is 4.09. The molecule has 1 amide bonds. The normalized spacial score (nSPS) is 23.3. The summed E-state index contributed by atoms with van der Waals surface area (Å²) in [6, 6.07) is 15.0. The molecule has 4 rings (SSSR count). The van der Waals surface area contributed by atoms with Gasteiger partial charge in [-0.15, -0.1) is 0 Å². The summed E-state index contributed by atoms with van der Waals surface area (Å²) in [7, 11) is 0. The number of amides is 1. The van der Waals surface area contributed by atoms with Crippen LogP contribution in [0.5, 0.6) is 0 Å². The van der Waals surface area contributed by atoms with Crippen LogP contribution in [0.1, 0.15) is 37.2 Å². The first kappa shape index (κ1) is 17.5. The fourth-order valence-electron chi connectivity index (χ4n) is 4.09. The van der Waals surface area contributed by atoms with Crippen LogP contribution in [-0.4, -0.2) is 43.2 Å². The lowest BCUT2D eigenvalue weighted by atomic mass is 10.0. The number of ether oxygens (including phenoxy) is 1. The van der Waals surface area contributed by atoms with Crippen LogP contribution >= 0.6 is 0 Å². The van der Waals surface area contributed by atoms with Crippen molar-refractivity contribution in [3.05, 3.63) is 48.0 Å². The van der Waals surface area contributed by atoms with Gasteiger partial charge in [-0.3, -0.25) is 4.79 Å². The molecule has 0 radical (unpaired) electrons.